The molecule has 2 aromatic rings. The SMILES string of the molecule is Cc1cc(-c2ccc(S(=O)(=O)[C@@H]3CC[C@@H](C(=O)N4CCC(F)(F)C4)C3)c(Cl)c2)ccn1.N#CC1(NC(=O)O)CC1. The van der Waals surface area contributed by atoms with Crippen LogP contribution in [-0.2, 0) is 14.6 Å². The van der Waals surface area contributed by atoms with Crippen molar-refractivity contribution in [3.05, 3.63) is 47.2 Å². The summed E-state index contributed by atoms with van der Waals surface area (Å²) in [5.41, 5.74) is 1.77. The second-order valence-electron chi connectivity index (χ2n) is 10.5. The Labute approximate surface area is 236 Å². The molecule has 2 amide bonds. The van der Waals surface area contributed by atoms with E-state index < -0.39 is 45.1 Å². The third-order valence-corrected chi connectivity index (χ3v) is 10.1. The molecule has 1 aromatic heterocycles. The van der Waals surface area contributed by atoms with Crippen LogP contribution >= 0.6 is 11.6 Å². The molecule has 2 heterocycles. The van der Waals surface area contributed by atoms with E-state index in [-0.39, 0.29) is 35.2 Å². The van der Waals surface area contributed by atoms with Crippen LogP contribution in [-0.4, -0.2) is 65.2 Å². The molecule has 9 nitrogen and oxygen atoms in total. The number of carbonyl (C=O) groups excluding carboxylic acids is 1. The van der Waals surface area contributed by atoms with Gasteiger partial charge in [-0.15, -0.1) is 0 Å². The fourth-order valence-electron chi connectivity index (χ4n) is 5.04. The highest BCUT2D eigenvalue weighted by Gasteiger charge is 2.46. The third kappa shape index (κ3) is 6.70. The molecule has 2 aliphatic carbocycles. The maximum absolute atomic E-state index is 13.4. The minimum atomic E-state index is -3.75. The zero-order valence-corrected chi connectivity index (χ0v) is 23.3. The Hall–Kier alpha value is -3.30. The number of carboxylic acid groups (broad SMARTS) is 1. The predicted molar refractivity (Wildman–Crippen MR) is 143 cm³/mol. The number of carbonyl (C=O) groups is 2. The Morgan fingerprint density at radius 2 is 1.88 bits per heavy atom. The van der Waals surface area contributed by atoms with E-state index in [1.165, 1.54) is 6.07 Å². The van der Waals surface area contributed by atoms with Gasteiger partial charge in [0.25, 0.3) is 5.92 Å². The van der Waals surface area contributed by atoms with Crippen molar-refractivity contribution in [2.75, 3.05) is 13.1 Å². The van der Waals surface area contributed by atoms with Crippen LogP contribution < -0.4 is 5.32 Å². The highest BCUT2D eigenvalue weighted by molar-refractivity contribution is 7.92. The Kier molecular flexibility index (Phi) is 8.38. The second kappa shape index (κ2) is 11.3. The quantitative estimate of drug-likeness (QED) is 0.505. The molecule has 2 atom stereocenters. The summed E-state index contributed by atoms with van der Waals surface area (Å²) in [6.45, 7) is 1.30. The smallest absolute Gasteiger partial charge is 0.405 e. The summed E-state index contributed by atoms with van der Waals surface area (Å²) in [7, 11) is -3.75. The van der Waals surface area contributed by atoms with Crippen LogP contribution in [0.15, 0.2) is 41.4 Å². The number of alkyl halides is 2. The molecule has 0 radical (unpaired) electrons. The number of aryl methyl sites for hydroxylation is 1. The average Bonchev–Trinajstić information content (AvgIpc) is 3.29. The number of hydrogen-bond donors (Lipinski definition) is 2. The first kappa shape index (κ1) is 29.7. The molecule has 0 spiro atoms. The molecule has 2 N–H and O–H groups in total. The Bertz CT molecular complexity index is 1460. The number of amides is 2. The topological polar surface area (TPSA) is 140 Å². The summed E-state index contributed by atoms with van der Waals surface area (Å²) in [5.74, 6) is -3.78. The van der Waals surface area contributed by atoms with E-state index in [4.69, 9.17) is 22.0 Å². The number of aromatic nitrogens is 1. The molecule has 5 rings (SSSR count). The minimum Gasteiger partial charge on any atom is -0.465 e. The van der Waals surface area contributed by atoms with Crippen molar-refractivity contribution in [3.63, 3.8) is 0 Å². The van der Waals surface area contributed by atoms with E-state index in [1.807, 2.05) is 25.1 Å². The van der Waals surface area contributed by atoms with Gasteiger partial charge in [0.15, 0.2) is 9.84 Å². The van der Waals surface area contributed by atoms with E-state index in [0.717, 1.165) is 21.7 Å². The maximum Gasteiger partial charge on any atom is 0.405 e. The van der Waals surface area contributed by atoms with Gasteiger partial charge in [-0.25, -0.2) is 22.0 Å². The van der Waals surface area contributed by atoms with Crippen molar-refractivity contribution >= 4 is 33.4 Å². The molecule has 214 valence electrons. The molecule has 3 fully saturated rings. The van der Waals surface area contributed by atoms with Gasteiger partial charge in [-0.1, -0.05) is 17.7 Å². The van der Waals surface area contributed by atoms with E-state index in [2.05, 4.69) is 10.3 Å². The number of likely N-dealkylation sites (tertiary alicyclic amines) is 1. The Balaban J connectivity index is 0.000000350. The van der Waals surface area contributed by atoms with Crippen molar-refractivity contribution in [1.82, 2.24) is 15.2 Å². The van der Waals surface area contributed by atoms with Crippen molar-refractivity contribution in [2.45, 2.75) is 67.1 Å². The average molecular weight is 595 g/mol. The molecule has 0 bridgehead atoms. The number of halogens is 3. The number of nitriles is 1. The van der Waals surface area contributed by atoms with Gasteiger partial charge >= 0.3 is 6.09 Å². The number of sulfone groups is 1. The predicted octanol–water partition coefficient (Wildman–Crippen LogP) is 4.83. The van der Waals surface area contributed by atoms with Gasteiger partial charge < -0.3 is 15.3 Å². The van der Waals surface area contributed by atoms with Crippen LogP contribution in [0.25, 0.3) is 11.1 Å². The van der Waals surface area contributed by atoms with E-state index in [0.29, 0.717) is 25.7 Å². The van der Waals surface area contributed by atoms with Crippen molar-refractivity contribution in [1.29, 1.82) is 5.26 Å². The van der Waals surface area contributed by atoms with Gasteiger partial charge in [-0.2, -0.15) is 5.26 Å². The first-order valence-corrected chi connectivity index (χ1v) is 14.7. The second-order valence-corrected chi connectivity index (χ2v) is 13.1. The number of pyridine rings is 1. The molecular weight excluding hydrogens is 566 g/mol. The monoisotopic (exact) mass is 594 g/mol. The molecule has 3 aliphatic rings. The highest BCUT2D eigenvalue weighted by atomic mass is 35.5. The van der Waals surface area contributed by atoms with Crippen LogP contribution in [0.4, 0.5) is 13.6 Å². The summed E-state index contributed by atoms with van der Waals surface area (Å²) in [6.07, 6.45) is 2.33. The maximum atomic E-state index is 13.4. The first-order valence-electron chi connectivity index (χ1n) is 12.8. The normalized spacial score (nSPS) is 22.5. The van der Waals surface area contributed by atoms with E-state index in [1.54, 1.807) is 18.3 Å². The number of nitrogens with one attached hydrogen (secondary N) is 1. The standard InChI is InChI=1S/C22H23ClF2N2O3S.C5H6N2O2/c1-14-10-16(6-8-26-14)15-3-5-20(19(23)12-15)31(29,30)18-4-2-17(11-18)21(28)27-9-7-22(24,25)13-27;6-3-5(1-2-5)7-4(8)9/h3,5-6,8,10,12,17-18H,2,4,7,9,11,13H2,1H3;7H,1-2H2,(H,8,9)/t17-,18-;/m1./s1. The number of rotatable bonds is 5. The lowest BCUT2D eigenvalue weighted by Crippen LogP contribution is -2.35. The fraction of sp³-hybridized carbons (Fsp3) is 0.481. The van der Waals surface area contributed by atoms with Crippen LogP contribution in [0.2, 0.25) is 5.02 Å². The summed E-state index contributed by atoms with van der Waals surface area (Å²) in [5, 5.41) is 18.0. The Morgan fingerprint density at radius 1 is 1.18 bits per heavy atom. The van der Waals surface area contributed by atoms with Crippen molar-refractivity contribution in [3.8, 4) is 17.2 Å². The minimum absolute atomic E-state index is 0.0154. The fourth-order valence-corrected chi connectivity index (χ4v) is 7.42. The van der Waals surface area contributed by atoms with Crippen LogP contribution in [0.1, 0.15) is 44.2 Å². The van der Waals surface area contributed by atoms with Gasteiger partial charge in [-0.05, 0) is 74.4 Å². The van der Waals surface area contributed by atoms with Gasteiger partial charge in [0.05, 0.1) is 27.8 Å². The zero-order valence-electron chi connectivity index (χ0n) is 21.7. The molecule has 13 heteroatoms. The van der Waals surface area contributed by atoms with Crippen LogP contribution in [0.3, 0.4) is 0 Å². The summed E-state index contributed by atoms with van der Waals surface area (Å²) < 4.78 is 53.3. The van der Waals surface area contributed by atoms with Gasteiger partial charge in [-0.3, -0.25) is 9.78 Å². The highest BCUT2D eigenvalue weighted by Crippen LogP contribution is 2.39. The Morgan fingerprint density at radius 3 is 2.40 bits per heavy atom. The number of hydrogen-bond acceptors (Lipinski definition) is 6. The van der Waals surface area contributed by atoms with Crippen LogP contribution in [0, 0.1) is 24.2 Å². The van der Waals surface area contributed by atoms with Crippen molar-refractivity contribution < 1.29 is 31.9 Å². The molecule has 1 saturated heterocycles. The van der Waals surface area contributed by atoms with Crippen molar-refractivity contribution in [2.24, 2.45) is 5.92 Å². The summed E-state index contributed by atoms with van der Waals surface area (Å²) >= 11 is 6.36. The van der Waals surface area contributed by atoms with Gasteiger partial charge in [0.2, 0.25) is 5.91 Å². The van der Waals surface area contributed by atoms with Crippen LogP contribution in [0.5, 0.6) is 0 Å². The number of benzene rings is 1. The number of nitrogens with zero attached hydrogens (tertiary/aromatic N) is 3. The van der Waals surface area contributed by atoms with Gasteiger partial charge in [0.1, 0.15) is 5.54 Å². The largest absolute Gasteiger partial charge is 0.465 e. The molecule has 0 unspecified atom stereocenters. The molecule has 40 heavy (non-hydrogen) atoms. The summed E-state index contributed by atoms with van der Waals surface area (Å²) in [4.78, 5) is 27.9. The third-order valence-electron chi connectivity index (χ3n) is 7.43. The molecule has 2 saturated carbocycles. The lowest BCUT2D eigenvalue weighted by Gasteiger charge is -2.20. The first-order chi connectivity index (χ1) is 18.7. The lowest BCUT2D eigenvalue weighted by molar-refractivity contribution is -0.135. The van der Waals surface area contributed by atoms with E-state index in [9.17, 15) is 26.8 Å². The van der Waals surface area contributed by atoms with Gasteiger partial charge in [0, 0.05) is 30.8 Å². The zero-order chi connectivity index (χ0) is 29.3. The van der Waals surface area contributed by atoms with E-state index >= 15 is 0 Å². The molecule has 1 aromatic carbocycles. The molecule has 1 aliphatic heterocycles. The summed E-state index contributed by atoms with van der Waals surface area (Å²) in [6, 6.07) is 10.4. The molecular formula is C27H29ClF2N4O5S. The lowest BCUT2D eigenvalue weighted by atomic mass is 10.1.